The Hall–Kier alpha value is -2.00. The molecule has 1 heterocycles. The molecule has 0 spiro atoms. The van der Waals surface area contributed by atoms with E-state index in [1.54, 1.807) is 0 Å². The molecule has 2 aromatic rings. The van der Waals surface area contributed by atoms with Gasteiger partial charge in [0.25, 0.3) is 0 Å². The van der Waals surface area contributed by atoms with Crippen molar-refractivity contribution < 1.29 is 4.74 Å². The summed E-state index contributed by atoms with van der Waals surface area (Å²) in [5.74, 6) is 0. The molecule has 0 aromatic heterocycles. The lowest BCUT2D eigenvalue weighted by Crippen LogP contribution is -2.32. The Morgan fingerprint density at radius 1 is 1.19 bits per heavy atom. The second-order valence-corrected chi connectivity index (χ2v) is 5.44. The van der Waals surface area contributed by atoms with Crippen molar-refractivity contribution in [3.05, 3.63) is 59.7 Å². The number of nitrogens with zero attached hydrogens (tertiary/aromatic N) is 1. The van der Waals surface area contributed by atoms with Gasteiger partial charge in [-0.3, -0.25) is 0 Å². The Morgan fingerprint density at radius 3 is 2.86 bits per heavy atom. The molecule has 0 saturated carbocycles. The topological polar surface area (TPSA) is 38.5 Å². The fourth-order valence-corrected chi connectivity index (χ4v) is 2.97. The summed E-state index contributed by atoms with van der Waals surface area (Å²) < 4.78 is 6.02. The minimum absolute atomic E-state index is 0.135. The van der Waals surface area contributed by atoms with Crippen LogP contribution in [-0.4, -0.2) is 19.7 Å². The second kappa shape index (κ2) is 6.19. The van der Waals surface area contributed by atoms with Crippen molar-refractivity contribution in [2.24, 2.45) is 0 Å². The number of rotatable bonds is 4. The summed E-state index contributed by atoms with van der Waals surface area (Å²) in [7, 11) is 0. The summed E-state index contributed by atoms with van der Waals surface area (Å²) in [6, 6.07) is 16.7. The van der Waals surface area contributed by atoms with E-state index in [4.69, 9.17) is 10.5 Å². The zero-order valence-corrected chi connectivity index (χ0v) is 12.5. The molecule has 3 heteroatoms. The number of anilines is 2. The predicted molar refractivity (Wildman–Crippen MR) is 87.6 cm³/mol. The lowest BCUT2D eigenvalue weighted by atomic mass is 9.97. The highest BCUT2D eigenvalue weighted by Gasteiger charge is 2.22. The number of nitrogens with two attached hydrogens (primary N) is 1. The molecule has 2 N–H and O–H groups in total. The molecule has 3 rings (SSSR count). The third kappa shape index (κ3) is 3.03. The third-order valence-electron chi connectivity index (χ3n) is 4.10. The van der Waals surface area contributed by atoms with E-state index < -0.39 is 0 Å². The first-order chi connectivity index (χ1) is 10.3. The molecule has 0 amide bonds. The number of hydrogen-bond donors (Lipinski definition) is 1. The van der Waals surface area contributed by atoms with Crippen LogP contribution in [0.1, 0.15) is 24.2 Å². The maximum absolute atomic E-state index is 6.02. The molecule has 1 atom stereocenters. The van der Waals surface area contributed by atoms with Gasteiger partial charge in [-0.25, -0.2) is 0 Å². The van der Waals surface area contributed by atoms with E-state index in [0.29, 0.717) is 0 Å². The molecule has 21 heavy (non-hydrogen) atoms. The van der Waals surface area contributed by atoms with Crippen LogP contribution in [0.4, 0.5) is 11.4 Å². The minimum Gasteiger partial charge on any atom is -0.399 e. The maximum Gasteiger partial charge on any atom is 0.100 e. The van der Waals surface area contributed by atoms with Gasteiger partial charge in [-0.15, -0.1) is 0 Å². The Bertz CT molecular complexity index is 612. The lowest BCUT2D eigenvalue weighted by Gasteiger charge is -2.32. The van der Waals surface area contributed by atoms with Crippen molar-refractivity contribution in [1.29, 1.82) is 0 Å². The van der Waals surface area contributed by atoms with Crippen molar-refractivity contribution in [2.75, 3.05) is 30.3 Å². The summed E-state index contributed by atoms with van der Waals surface area (Å²) in [5.41, 5.74) is 10.6. The maximum atomic E-state index is 6.02. The number of hydrogen-bond acceptors (Lipinski definition) is 3. The van der Waals surface area contributed by atoms with Crippen LogP contribution in [0.25, 0.3) is 0 Å². The van der Waals surface area contributed by atoms with Gasteiger partial charge in [0.15, 0.2) is 0 Å². The molecular formula is C18H22N2O. The molecule has 0 aliphatic carbocycles. The van der Waals surface area contributed by atoms with Gasteiger partial charge in [-0.05, 0) is 42.7 Å². The zero-order chi connectivity index (χ0) is 14.7. The molecule has 2 aromatic carbocycles. The predicted octanol–water partition coefficient (Wildman–Crippen LogP) is 3.41. The molecule has 1 unspecified atom stereocenters. The number of nitrogen functional groups attached to an aromatic ring is 1. The largest absolute Gasteiger partial charge is 0.399 e. The van der Waals surface area contributed by atoms with E-state index in [1.807, 2.05) is 18.2 Å². The van der Waals surface area contributed by atoms with Crippen LogP contribution in [-0.2, 0) is 11.2 Å². The van der Waals surface area contributed by atoms with Gasteiger partial charge in [0.1, 0.15) is 6.10 Å². The highest BCUT2D eigenvalue weighted by molar-refractivity contribution is 5.56. The van der Waals surface area contributed by atoms with Crippen molar-refractivity contribution in [1.82, 2.24) is 0 Å². The summed E-state index contributed by atoms with van der Waals surface area (Å²) in [5, 5.41) is 0. The average Bonchev–Trinajstić information content (AvgIpc) is 2.52. The number of fused-ring (bicyclic) bond motifs is 1. The smallest absolute Gasteiger partial charge is 0.100 e. The van der Waals surface area contributed by atoms with Crippen LogP contribution in [0.2, 0.25) is 0 Å². The van der Waals surface area contributed by atoms with E-state index in [2.05, 4.69) is 42.2 Å². The van der Waals surface area contributed by atoms with Crippen LogP contribution in [0.15, 0.2) is 48.5 Å². The van der Waals surface area contributed by atoms with Crippen molar-refractivity contribution >= 4 is 11.4 Å². The van der Waals surface area contributed by atoms with E-state index in [0.717, 1.165) is 37.5 Å². The van der Waals surface area contributed by atoms with Crippen LogP contribution in [0, 0.1) is 0 Å². The first-order valence-corrected chi connectivity index (χ1v) is 7.58. The van der Waals surface area contributed by atoms with Crippen molar-refractivity contribution in [3.63, 3.8) is 0 Å². The van der Waals surface area contributed by atoms with Crippen molar-refractivity contribution in [3.8, 4) is 0 Å². The van der Waals surface area contributed by atoms with Gasteiger partial charge in [0.2, 0.25) is 0 Å². The summed E-state index contributed by atoms with van der Waals surface area (Å²) in [6.45, 7) is 4.76. The monoisotopic (exact) mass is 282 g/mol. The van der Waals surface area contributed by atoms with Crippen LogP contribution in [0.5, 0.6) is 0 Å². The lowest BCUT2D eigenvalue weighted by molar-refractivity contribution is 0.0472. The molecule has 0 bridgehead atoms. The van der Waals surface area contributed by atoms with Crippen LogP contribution in [0.3, 0.4) is 0 Å². The number of benzene rings is 2. The molecule has 3 nitrogen and oxygen atoms in total. The quantitative estimate of drug-likeness (QED) is 0.873. The highest BCUT2D eigenvalue weighted by Crippen LogP contribution is 2.29. The second-order valence-electron chi connectivity index (χ2n) is 5.44. The summed E-state index contributed by atoms with van der Waals surface area (Å²) in [4.78, 5) is 2.32. The standard InChI is InChI=1S/C18H22N2O/c1-2-20(16-8-5-7-15(19)12-16)13-18-17-9-4-3-6-14(17)10-11-21-18/h3-9,12,18H,2,10-11,13,19H2,1H3. The van der Waals surface area contributed by atoms with Gasteiger partial charge in [0, 0.05) is 24.5 Å². The molecule has 1 aliphatic rings. The molecule has 1 aliphatic heterocycles. The van der Waals surface area contributed by atoms with Crippen LogP contribution < -0.4 is 10.6 Å². The van der Waals surface area contributed by atoms with Crippen LogP contribution >= 0.6 is 0 Å². The minimum atomic E-state index is 0.135. The van der Waals surface area contributed by atoms with E-state index >= 15 is 0 Å². The Kier molecular flexibility index (Phi) is 4.11. The SMILES string of the molecule is CCN(CC1OCCc2ccccc21)c1cccc(N)c1. The van der Waals surface area contributed by atoms with Gasteiger partial charge >= 0.3 is 0 Å². The molecule has 110 valence electrons. The molecule has 0 fully saturated rings. The van der Waals surface area contributed by atoms with E-state index in [1.165, 1.54) is 11.1 Å². The Labute approximate surface area is 126 Å². The number of ether oxygens (including phenoxy) is 1. The Morgan fingerprint density at radius 2 is 2.05 bits per heavy atom. The Balaban J connectivity index is 1.82. The zero-order valence-electron chi connectivity index (χ0n) is 12.5. The van der Waals surface area contributed by atoms with E-state index in [9.17, 15) is 0 Å². The fraction of sp³-hybridized carbons (Fsp3) is 0.333. The van der Waals surface area contributed by atoms with Gasteiger partial charge in [-0.2, -0.15) is 0 Å². The van der Waals surface area contributed by atoms with Crippen molar-refractivity contribution in [2.45, 2.75) is 19.4 Å². The molecule has 0 radical (unpaired) electrons. The number of likely N-dealkylation sites (N-methyl/N-ethyl adjacent to an activating group) is 1. The average molecular weight is 282 g/mol. The fourth-order valence-electron chi connectivity index (χ4n) is 2.97. The molecule has 0 saturated heterocycles. The van der Waals surface area contributed by atoms with E-state index in [-0.39, 0.29) is 6.10 Å². The first-order valence-electron chi connectivity index (χ1n) is 7.58. The van der Waals surface area contributed by atoms with Gasteiger partial charge < -0.3 is 15.4 Å². The molecular weight excluding hydrogens is 260 g/mol. The summed E-state index contributed by atoms with van der Waals surface area (Å²) in [6.07, 6.45) is 1.15. The van der Waals surface area contributed by atoms with Gasteiger partial charge in [-0.1, -0.05) is 30.3 Å². The first kappa shape index (κ1) is 14.0. The van der Waals surface area contributed by atoms with Gasteiger partial charge in [0.05, 0.1) is 6.61 Å². The summed E-state index contributed by atoms with van der Waals surface area (Å²) >= 11 is 0. The normalized spacial score (nSPS) is 17.3. The highest BCUT2D eigenvalue weighted by atomic mass is 16.5. The third-order valence-corrected chi connectivity index (χ3v) is 4.10.